The van der Waals surface area contributed by atoms with E-state index in [-0.39, 0.29) is 11.8 Å². The van der Waals surface area contributed by atoms with Crippen molar-refractivity contribution in [1.82, 2.24) is 0 Å². The van der Waals surface area contributed by atoms with E-state index in [2.05, 4.69) is 5.32 Å². The maximum absolute atomic E-state index is 12.1. The van der Waals surface area contributed by atoms with E-state index in [0.29, 0.717) is 11.3 Å². The fraction of sp³-hybridized carbons (Fsp3) is 0.467. The number of nitrogens with two attached hydrogens (primary N) is 1. The van der Waals surface area contributed by atoms with Crippen LogP contribution < -0.4 is 11.1 Å². The Bertz CT molecular complexity index is 500. The van der Waals surface area contributed by atoms with Crippen molar-refractivity contribution in [2.24, 2.45) is 11.7 Å². The smallest absolute Gasteiger partial charge is 0.339 e. The minimum Gasteiger partial charge on any atom is -0.465 e. The first-order valence-electron chi connectivity index (χ1n) is 6.66. The summed E-state index contributed by atoms with van der Waals surface area (Å²) in [4.78, 5) is 23.8. The van der Waals surface area contributed by atoms with Crippen LogP contribution in [0.2, 0.25) is 0 Å². The second kappa shape index (κ2) is 7.05. The van der Waals surface area contributed by atoms with Crippen molar-refractivity contribution in [3.8, 4) is 0 Å². The zero-order valence-corrected chi connectivity index (χ0v) is 12.4. The molecule has 0 aromatic heterocycles. The minimum absolute atomic E-state index is 0.0713. The van der Waals surface area contributed by atoms with E-state index in [1.54, 1.807) is 12.1 Å². The predicted octanol–water partition coefficient (Wildman–Crippen LogP) is 2.09. The first kappa shape index (κ1) is 16.2. The van der Waals surface area contributed by atoms with Crippen LogP contribution >= 0.6 is 0 Å². The first-order chi connectivity index (χ1) is 9.40. The molecule has 0 aliphatic heterocycles. The number of hydrogen-bond acceptors (Lipinski definition) is 4. The Hall–Kier alpha value is -1.88. The number of aryl methyl sites for hydroxylation is 1. The molecule has 0 spiro atoms. The molecule has 3 N–H and O–H groups in total. The van der Waals surface area contributed by atoms with E-state index in [9.17, 15) is 9.59 Å². The summed E-state index contributed by atoms with van der Waals surface area (Å²) in [6.07, 6.45) is 0.812. The van der Waals surface area contributed by atoms with Gasteiger partial charge in [0.15, 0.2) is 0 Å². The molecule has 5 heteroatoms. The number of rotatable bonds is 5. The lowest BCUT2D eigenvalue weighted by Gasteiger charge is -2.18. The Morgan fingerprint density at radius 1 is 1.40 bits per heavy atom. The number of carbonyl (C=O) groups excluding carboxylic acids is 2. The van der Waals surface area contributed by atoms with Crippen molar-refractivity contribution in [2.75, 3.05) is 12.4 Å². The summed E-state index contributed by atoms with van der Waals surface area (Å²) < 4.78 is 4.72. The van der Waals surface area contributed by atoms with Gasteiger partial charge in [0.1, 0.15) is 0 Å². The molecule has 0 fully saturated rings. The minimum atomic E-state index is -0.605. The van der Waals surface area contributed by atoms with Crippen molar-refractivity contribution < 1.29 is 14.3 Å². The Labute approximate surface area is 119 Å². The van der Waals surface area contributed by atoms with E-state index in [0.717, 1.165) is 12.0 Å². The van der Waals surface area contributed by atoms with Crippen molar-refractivity contribution in [3.63, 3.8) is 0 Å². The first-order valence-corrected chi connectivity index (χ1v) is 6.66. The fourth-order valence-corrected chi connectivity index (χ4v) is 1.77. The summed E-state index contributed by atoms with van der Waals surface area (Å²) in [7, 11) is 1.31. The van der Waals surface area contributed by atoms with Crippen LogP contribution in [0.15, 0.2) is 18.2 Å². The van der Waals surface area contributed by atoms with E-state index < -0.39 is 12.0 Å². The largest absolute Gasteiger partial charge is 0.465 e. The number of nitrogens with one attached hydrogen (secondary N) is 1. The number of carbonyl (C=O) groups is 2. The molecule has 0 saturated heterocycles. The molecule has 1 rings (SSSR count). The molecule has 0 heterocycles. The molecule has 1 aromatic rings. The monoisotopic (exact) mass is 278 g/mol. The van der Waals surface area contributed by atoms with Gasteiger partial charge in [0.25, 0.3) is 0 Å². The second-order valence-electron chi connectivity index (χ2n) is 4.94. The molecule has 5 nitrogen and oxygen atoms in total. The van der Waals surface area contributed by atoms with Crippen LogP contribution in [-0.4, -0.2) is 25.0 Å². The zero-order chi connectivity index (χ0) is 15.3. The molecule has 110 valence electrons. The molecule has 0 aliphatic rings. The van der Waals surface area contributed by atoms with Gasteiger partial charge in [-0.15, -0.1) is 0 Å². The highest BCUT2D eigenvalue weighted by molar-refractivity contribution is 6.02. The summed E-state index contributed by atoms with van der Waals surface area (Å²) in [5, 5.41) is 2.70. The number of benzene rings is 1. The third-order valence-electron chi connectivity index (χ3n) is 3.40. The SMILES string of the molecule is CCC(C)C(N)C(=O)Nc1ccc(C)cc1C(=O)OC. The maximum atomic E-state index is 12.1. The van der Waals surface area contributed by atoms with Crippen LogP contribution in [0.25, 0.3) is 0 Å². The Kier molecular flexibility index (Phi) is 5.70. The van der Waals surface area contributed by atoms with Crippen LogP contribution in [-0.2, 0) is 9.53 Å². The van der Waals surface area contributed by atoms with Gasteiger partial charge in [-0.25, -0.2) is 4.79 Å². The van der Waals surface area contributed by atoms with Crippen molar-refractivity contribution in [2.45, 2.75) is 33.2 Å². The van der Waals surface area contributed by atoms with Crippen LogP contribution in [0.1, 0.15) is 36.2 Å². The van der Waals surface area contributed by atoms with Crippen molar-refractivity contribution >= 4 is 17.6 Å². The van der Waals surface area contributed by atoms with Crippen LogP contribution in [0.5, 0.6) is 0 Å². The number of ether oxygens (including phenoxy) is 1. The van der Waals surface area contributed by atoms with Gasteiger partial charge in [-0.05, 0) is 25.0 Å². The van der Waals surface area contributed by atoms with Gasteiger partial charge in [-0.2, -0.15) is 0 Å². The topological polar surface area (TPSA) is 81.4 Å². The van der Waals surface area contributed by atoms with Crippen LogP contribution in [0.3, 0.4) is 0 Å². The summed E-state index contributed by atoms with van der Waals surface area (Å²) >= 11 is 0. The number of amides is 1. The average molecular weight is 278 g/mol. The number of methoxy groups -OCH3 is 1. The molecule has 1 amide bonds. The maximum Gasteiger partial charge on any atom is 0.339 e. The van der Waals surface area contributed by atoms with Crippen LogP contribution in [0, 0.1) is 12.8 Å². The lowest BCUT2D eigenvalue weighted by atomic mass is 9.99. The molecule has 0 bridgehead atoms. The summed E-state index contributed by atoms with van der Waals surface area (Å²) in [6, 6.07) is 4.57. The summed E-state index contributed by atoms with van der Waals surface area (Å²) in [6.45, 7) is 5.76. The van der Waals surface area contributed by atoms with Gasteiger partial charge in [-0.3, -0.25) is 4.79 Å². The Morgan fingerprint density at radius 2 is 2.05 bits per heavy atom. The van der Waals surface area contributed by atoms with Gasteiger partial charge in [-0.1, -0.05) is 31.9 Å². The number of esters is 1. The van der Waals surface area contributed by atoms with E-state index >= 15 is 0 Å². The predicted molar refractivity (Wildman–Crippen MR) is 78.6 cm³/mol. The van der Waals surface area contributed by atoms with Crippen molar-refractivity contribution in [1.29, 1.82) is 0 Å². The zero-order valence-electron chi connectivity index (χ0n) is 12.4. The summed E-state index contributed by atoms with van der Waals surface area (Å²) in [5.41, 5.74) is 7.54. The molecule has 1 aromatic carbocycles. The Balaban J connectivity index is 2.97. The van der Waals surface area contributed by atoms with Gasteiger partial charge in [0.2, 0.25) is 5.91 Å². The fourth-order valence-electron chi connectivity index (χ4n) is 1.77. The number of anilines is 1. The third-order valence-corrected chi connectivity index (χ3v) is 3.40. The van der Waals surface area contributed by atoms with E-state index in [1.807, 2.05) is 26.8 Å². The quantitative estimate of drug-likeness (QED) is 0.808. The van der Waals surface area contributed by atoms with Gasteiger partial charge in [0, 0.05) is 0 Å². The van der Waals surface area contributed by atoms with Gasteiger partial charge < -0.3 is 15.8 Å². The van der Waals surface area contributed by atoms with Gasteiger partial charge >= 0.3 is 5.97 Å². The Morgan fingerprint density at radius 3 is 2.60 bits per heavy atom. The normalized spacial score (nSPS) is 13.4. The molecule has 20 heavy (non-hydrogen) atoms. The highest BCUT2D eigenvalue weighted by Crippen LogP contribution is 2.19. The average Bonchev–Trinajstić information content (AvgIpc) is 2.46. The molecule has 2 unspecified atom stereocenters. The molecular weight excluding hydrogens is 256 g/mol. The molecular formula is C15H22N2O3. The van der Waals surface area contributed by atoms with E-state index in [1.165, 1.54) is 7.11 Å². The second-order valence-corrected chi connectivity index (χ2v) is 4.94. The number of hydrogen-bond donors (Lipinski definition) is 2. The van der Waals surface area contributed by atoms with Crippen molar-refractivity contribution in [3.05, 3.63) is 29.3 Å². The van der Waals surface area contributed by atoms with Crippen LogP contribution in [0.4, 0.5) is 5.69 Å². The molecule has 0 aliphatic carbocycles. The highest BCUT2D eigenvalue weighted by atomic mass is 16.5. The van der Waals surface area contributed by atoms with E-state index in [4.69, 9.17) is 10.5 Å². The standard InChI is InChI=1S/C15H22N2O3/c1-5-10(3)13(16)14(18)17-12-7-6-9(2)8-11(12)15(19)20-4/h6-8,10,13H,5,16H2,1-4H3,(H,17,18). The molecule has 0 radical (unpaired) electrons. The molecule has 0 saturated carbocycles. The lowest BCUT2D eigenvalue weighted by molar-refractivity contribution is -0.118. The highest BCUT2D eigenvalue weighted by Gasteiger charge is 2.21. The lowest BCUT2D eigenvalue weighted by Crippen LogP contribution is -2.40. The molecule has 2 atom stereocenters. The van der Waals surface area contributed by atoms with Gasteiger partial charge in [0.05, 0.1) is 24.4 Å². The summed E-state index contributed by atoms with van der Waals surface area (Å²) in [5.74, 6) is -0.712. The third kappa shape index (κ3) is 3.81.